The third kappa shape index (κ3) is 3.56. The lowest BCUT2D eigenvalue weighted by atomic mass is 10.3. The highest BCUT2D eigenvalue weighted by Crippen LogP contribution is 2.09. The monoisotopic (exact) mass is 362 g/mol. The highest BCUT2D eigenvalue weighted by atomic mass is 35.5. The van der Waals surface area contributed by atoms with Gasteiger partial charge in [0.25, 0.3) is 0 Å². The van der Waals surface area contributed by atoms with Gasteiger partial charge in [-0.2, -0.15) is 0 Å². The van der Waals surface area contributed by atoms with E-state index in [2.05, 4.69) is 36.4 Å². The van der Waals surface area contributed by atoms with Gasteiger partial charge in [-0.15, -0.1) is 0 Å². The Morgan fingerprint density at radius 2 is 0.636 bits per heavy atom. The molecule has 0 bridgehead atoms. The standard InChI is InChI=1S/C18H13Cl3Si/c19-13-1-7-16(8-2-13)22(17-9-3-14(20)4-10-17)18-11-5-15(21)6-12-18/h1-12,22H. The summed E-state index contributed by atoms with van der Waals surface area (Å²) in [6.45, 7) is 0. The summed E-state index contributed by atoms with van der Waals surface area (Å²) in [4.78, 5) is 0. The third-order valence-corrected chi connectivity index (χ3v) is 7.52. The fraction of sp³-hybridized carbons (Fsp3) is 0. The Morgan fingerprint density at radius 3 is 0.864 bits per heavy atom. The maximum absolute atomic E-state index is 6.03. The molecule has 3 rings (SSSR count). The molecule has 0 aliphatic rings. The molecule has 0 aliphatic heterocycles. The van der Waals surface area contributed by atoms with Crippen molar-refractivity contribution in [3.63, 3.8) is 0 Å². The van der Waals surface area contributed by atoms with Crippen LogP contribution in [0, 0.1) is 0 Å². The van der Waals surface area contributed by atoms with E-state index in [1.165, 1.54) is 15.6 Å². The first-order chi connectivity index (χ1) is 10.6. The first-order valence-electron chi connectivity index (χ1n) is 6.90. The maximum atomic E-state index is 6.03. The fourth-order valence-corrected chi connectivity index (χ4v) is 5.81. The van der Waals surface area contributed by atoms with Gasteiger partial charge in [-0.05, 0) is 36.4 Å². The summed E-state index contributed by atoms with van der Waals surface area (Å²) in [5.74, 6) is 0. The van der Waals surface area contributed by atoms with Crippen LogP contribution < -0.4 is 15.6 Å². The van der Waals surface area contributed by atoms with Gasteiger partial charge >= 0.3 is 0 Å². The van der Waals surface area contributed by atoms with Crippen molar-refractivity contribution in [3.8, 4) is 0 Å². The van der Waals surface area contributed by atoms with E-state index in [1.54, 1.807) is 0 Å². The lowest BCUT2D eigenvalue weighted by molar-refractivity contribution is 1.71. The van der Waals surface area contributed by atoms with Gasteiger partial charge in [0, 0.05) is 15.1 Å². The number of halogens is 3. The first-order valence-corrected chi connectivity index (χ1v) is 9.76. The van der Waals surface area contributed by atoms with E-state index >= 15 is 0 Å². The van der Waals surface area contributed by atoms with E-state index in [0.29, 0.717) is 0 Å². The molecule has 0 spiro atoms. The number of hydrogen-bond donors (Lipinski definition) is 0. The molecule has 0 atom stereocenters. The largest absolute Gasteiger partial charge is 0.132 e. The van der Waals surface area contributed by atoms with Gasteiger partial charge < -0.3 is 0 Å². The summed E-state index contributed by atoms with van der Waals surface area (Å²) in [6.07, 6.45) is 0. The smallest absolute Gasteiger partial charge is 0.0843 e. The highest BCUT2D eigenvalue weighted by molar-refractivity contribution is 6.95. The molecule has 0 unspecified atom stereocenters. The Morgan fingerprint density at radius 1 is 0.409 bits per heavy atom. The van der Waals surface area contributed by atoms with E-state index in [-0.39, 0.29) is 0 Å². The van der Waals surface area contributed by atoms with Gasteiger partial charge in [-0.25, -0.2) is 0 Å². The highest BCUT2D eigenvalue weighted by Gasteiger charge is 2.18. The average Bonchev–Trinajstić information content (AvgIpc) is 2.53. The van der Waals surface area contributed by atoms with Crippen molar-refractivity contribution in [2.24, 2.45) is 0 Å². The fourth-order valence-electron chi connectivity index (χ4n) is 2.54. The van der Waals surface area contributed by atoms with E-state index in [0.717, 1.165) is 15.1 Å². The Bertz CT molecular complexity index is 642. The van der Waals surface area contributed by atoms with Crippen molar-refractivity contribution in [3.05, 3.63) is 87.9 Å². The summed E-state index contributed by atoms with van der Waals surface area (Å²) in [5.41, 5.74) is 0. The molecule has 0 aliphatic carbocycles. The van der Waals surface area contributed by atoms with Crippen LogP contribution in [0.4, 0.5) is 0 Å². The molecule has 22 heavy (non-hydrogen) atoms. The second kappa shape index (κ2) is 6.89. The van der Waals surface area contributed by atoms with Crippen LogP contribution in [0.15, 0.2) is 72.8 Å². The topological polar surface area (TPSA) is 0 Å². The van der Waals surface area contributed by atoms with Crippen molar-refractivity contribution >= 4 is 59.2 Å². The zero-order valence-corrected chi connectivity index (χ0v) is 15.1. The Kier molecular flexibility index (Phi) is 4.89. The molecule has 0 amide bonds. The van der Waals surface area contributed by atoms with E-state index in [4.69, 9.17) is 34.8 Å². The number of rotatable bonds is 3. The van der Waals surface area contributed by atoms with E-state index < -0.39 is 8.80 Å². The predicted octanol–water partition coefficient (Wildman–Crippen LogP) is 3.90. The lowest BCUT2D eigenvalue weighted by Gasteiger charge is -2.17. The molecular weight excluding hydrogens is 351 g/mol. The van der Waals surface area contributed by atoms with Crippen molar-refractivity contribution in [1.29, 1.82) is 0 Å². The van der Waals surface area contributed by atoms with Gasteiger partial charge in [-0.3, -0.25) is 0 Å². The van der Waals surface area contributed by atoms with Crippen LogP contribution >= 0.6 is 34.8 Å². The van der Waals surface area contributed by atoms with E-state index in [9.17, 15) is 0 Å². The van der Waals surface area contributed by atoms with Crippen molar-refractivity contribution in [2.75, 3.05) is 0 Å². The summed E-state index contributed by atoms with van der Waals surface area (Å²) in [6, 6.07) is 24.4. The molecule has 0 saturated heterocycles. The van der Waals surface area contributed by atoms with E-state index in [1.807, 2.05) is 36.4 Å². The van der Waals surface area contributed by atoms with Crippen molar-refractivity contribution in [1.82, 2.24) is 0 Å². The van der Waals surface area contributed by atoms with Gasteiger partial charge in [0.05, 0.1) is 0 Å². The second-order valence-corrected chi connectivity index (χ2v) is 9.26. The molecule has 0 nitrogen and oxygen atoms in total. The molecular formula is C18H13Cl3Si. The maximum Gasteiger partial charge on any atom is 0.132 e. The molecule has 3 aromatic carbocycles. The van der Waals surface area contributed by atoms with Crippen LogP contribution in [0.1, 0.15) is 0 Å². The average molecular weight is 364 g/mol. The second-order valence-electron chi connectivity index (χ2n) is 5.09. The van der Waals surface area contributed by atoms with Gasteiger partial charge in [-0.1, -0.05) is 86.8 Å². The van der Waals surface area contributed by atoms with Crippen LogP contribution in [0.25, 0.3) is 0 Å². The minimum atomic E-state index is -1.55. The van der Waals surface area contributed by atoms with Crippen LogP contribution in [0.2, 0.25) is 15.1 Å². The molecule has 0 radical (unpaired) electrons. The Labute approximate surface area is 146 Å². The van der Waals surface area contributed by atoms with Crippen LogP contribution in [-0.4, -0.2) is 8.80 Å². The molecule has 0 saturated carbocycles. The number of benzene rings is 3. The molecule has 0 aromatic heterocycles. The van der Waals surface area contributed by atoms with Crippen LogP contribution in [0.5, 0.6) is 0 Å². The summed E-state index contributed by atoms with van der Waals surface area (Å²) < 4.78 is 0. The molecule has 0 heterocycles. The molecule has 3 aromatic rings. The molecule has 4 heteroatoms. The Hall–Kier alpha value is -1.25. The minimum Gasteiger partial charge on any atom is -0.0843 e. The lowest BCUT2D eigenvalue weighted by Crippen LogP contribution is -2.51. The predicted molar refractivity (Wildman–Crippen MR) is 100 cm³/mol. The van der Waals surface area contributed by atoms with Crippen molar-refractivity contribution < 1.29 is 0 Å². The number of hydrogen-bond acceptors (Lipinski definition) is 0. The summed E-state index contributed by atoms with van der Waals surface area (Å²) in [5, 5.41) is 6.20. The zero-order valence-electron chi connectivity index (χ0n) is 11.6. The minimum absolute atomic E-state index is 0.753. The zero-order chi connectivity index (χ0) is 15.5. The quantitative estimate of drug-likeness (QED) is 0.489. The molecule has 110 valence electrons. The van der Waals surface area contributed by atoms with Gasteiger partial charge in [0.1, 0.15) is 8.80 Å². The SMILES string of the molecule is Clc1ccc([SiH](c2ccc(Cl)cc2)c2ccc(Cl)cc2)cc1. The summed E-state index contributed by atoms with van der Waals surface area (Å²) in [7, 11) is -1.55. The molecule has 0 fully saturated rings. The van der Waals surface area contributed by atoms with Crippen molar-refractivity contribution in [2.45, 2.75) is 0 Å². The van der Waals surface area contributed by atoms with Crippen LogP contribution in [-0.2, 0) is 0 Å². The first kappa shape index (κ1) is 15.6. The van der Waals surface area contributed by atoms with Gasteiger partial charge in [0.15, 0.2) is 0 Å². The third-order valence-electron chi connectivity index (χ3n) is 3.61. The van der Waals surface area contributed by atoms with Gasteiger partial charge in [0.2, 0.25) is 0 Å². The summed E-state index contributed by atoms with van der Waals surface area (Å²) >= 11 is 18.1. The molecule has 0 N–H and O–H groups in total. The normalized spacial score (nSPS) is 10.9. The van der Waals surface area contributed by atoms with Crippen LogP contribution in [0.3, 0.4) is 0 Å². The Balaban J connectivity index is 2.10.